The van der Waals surface area contributed by atoms with Crippen LogP contribution in [0.25, 0.3) is 0 Å². The second kappa shape index (κ2) is 60.9. The Morgan fingerprint density at radius 3 is 0.904 bits per heavy atom. The summed E-state index contributed by atoms with van der Waals surface area (Å²) in [7, 11) is 0. The quantitative estimate of drug-likeness (QED) is 0.0261. The van der Waals surface area contributed by atoms with Crippen molar-refractivity contribution in [2.45, 2.75) is 297 Å². The SMILES string of the molecule is CC/C=C\C/C=C\C/C=C\C/C=C\C/C=C\C/C=C\C/C=C\CCCC(=O)OCC(COC(=O)CCCCCCCCCCCCCCCC)OC(=O)CCCCCCCCC/C=C\CCCCCCCCC. The third-order valence-corrected chi connectivity index (χ3v) is 13.1. The molecule has 0 aliphatic carbocycles. The third-order valence-electron chi connectivity index (χ3n) is 13.1. The van der Waals surface area contributed by atoms with E-state index in [1.165, 1.54) is 154 Å². The Hall–Kier alpha value is -3.67. The largest absolute Gasteiger partial charge is 0.462 e. The van der Waals surface area contributed by atoms with Gasteiger partial charge in [0, 0.05) is 19.3 Å². The van der Waals surface area contributed by atoms with E-state index in [1.807, 2.05) is 0 Å². The molecule has 73 heavy (non-hydrogen) atoms. The Morgan fingerprint density at radius 2 is 0.548 bits per heavy atom. The van der Waals surface area contributed by atoms with Gasteiger partial charge in [0.05, 0.1) is 0 Å². The van der Waals surface area contributed by atoms with Crippen LogP contribution in [0, 0.1) is 0 Å². The van der Waals surface area contributed by atoms with Crippen molar-refractivity contribution in [1.29, 1.82) is 0 Å². The molecule has 0 aliphatic rings. The lowest BCUT2D eigenvalue weighted by molar-refractivity contribution is -0.167. The average Bonchev–Trinajstić information content (AvgIpc) is 3.39. The molecule has 0 N–H and O–H groups in total. The molecule has 0 bridgehead atoms. The first-order valence-electron chi connectivity index (χ1n) is 30.7. The van der Waals surface area contributed by atoms with Gasteiger partial charge in [-0.3, -0.25) is 14.4 Å². The lowest BCUT2D eigenvalue weighted by Crippen LogP contribution is -2.30. The lowest BCUT2D eigenvalue weighted by Gasteiger charge is -2.18. The molecule has 6 nitrogen and oxygen atoms in total. The molecular weight excluding hydrogens is 901 g/mol. The van der Waals surface area contributed by atoms with Crippen molar-refractivity contribution in [2.24, 2.45) is 0 Å². The molecule has 0 aromatic heterocycles. The summed E-state index contributed by atoms with van der Waals surface area (Å²) < 4.78 is 16.9. The number of carbonyl (C=O) groups is 3. The molecular formula is C67H114O6. The van der Waals surface area contributed by atoms with Crippen molar-refractivity contribution < 1.29 is 28.6 Å². The van der Waals surface area contributed by atoms with Gasteiger partial charge in [-0.2, -0.15) is 0 Å². The van der Waals surface area contributed by atoms with Gasteiger partial charge in [0.1, 0.15) is 13.2 Å². The number of hydrogen-bond donors (Lipinski definition) is 0. The van der Waals surface area contributed by atoms with Crippen LogP contribution in [0.15, 0.2) is 97.2 Å². The van der Waals surface area contributed by atoms with E-state index in [0.717, 1.165) is 89.9 Å². The number of carbonyl (C=O) groups excluding carboxylic acids is 3. The predicted molar refractivity (Wildman–Crippen MR) is 316 cm³/mol. The fourth-order valence-corrected chi connectivity index (χ4v) is 8.49. The van der Waals surface area contributed by atoms with Crippen LogP contribution in [0.5, 0.6) is 0 Å². The lowest BCUT2D eigenvalue weighted by atomic mass is 10.0. The first-order chi connectivity index (χ1) is 36.0. The molecule has 0 aliphatic heterocycles. The van der Waals surface area contributed by atoms with Crippen LogP contribution in [0.1, 0.15) is 290 Å². The predicted octanol–water partition coefficient (Wildman–Crippen LogP) is 20.9. The molecule has 0 rings (SSSR count). The average molecular weight is 1020 g/mol. The minimum absolute atomic E-state index is 0.0951. The van der Waals surface area contributed by atoms with E-state index in [4.69, 9.17) is 14.2 Å². The number of allylic oxidation sites excluding steroid dienone is 16. The molecule has 0 saturated carbocycles. The second-order valence-electron chi connectivity index (χ2n) is 20.2. The molecule has 418 valence electrons. The van der Waals surface area contributed by atoms with Gasteiger partial charge in [-0.15, -0.1) is 0 Å². The number of esters is 3. The molecule has 0 heterocycles. The molecule has 0 spiro atoms. The Labute approximate surface area is 451 Å². The molecule has 1 atom stereocenters. The van der Waals surface area contributed by atoms with E-state index < -0.39 is 6.10 Å². The number of rotatable bonds is 55. The van der Waals surface area contributed by atoms with Gasteiger partial charge in [0.25, 0.3) is 0 Å². The summed E-state index contributed by atoms with van der Waals surface area (Å²) in [4.78, 5) is 38.2. The maximum Gasteiger partial charge on any atom is 0.306 e. The van der Waals surface area contributed by atoms with E-state index in [2.05, 4.69) is 118 Å². The molecule has 0 radical (unpaired) electrons. The van der Waals surface area contributed by atoms with Crippen molar-refractivity contribution in [3.05, 3.63) is 97.2 Å². The fourth-order valence-electron chi connectivity index (χ4n) is 8.49. The molecule has 0 aromatic rings. The summed E-state index contributed by atoms with van der Waals surface area (Å²) in [6, 6.07) is 0. The van der Waals surface area contributed by atoms with Crippen molar-refractivity contribution in [1.82, 2.24) is 0 Å². The van der Waals surface area contributed by atoms with Gasteiger partial charge in [-0.25, -0.2) is 0 Å². The van der Waals surface area contributed by atoms with Gasteiger partial charge in [0.2, 0.25) is 0 Å². The van der Waals surface area contributed by atoms with Crippen molar-refractivity contribution in [3.63, 3.8) is 0 Å². The smallest absolute Gasteiger partial charge is 0.306 e. The monoisotopic (exact) mass is 1010 g/mol. The van der Waals surface area contributed by atoms with Gasteiger partial charge in [0.15, 0.2) is 6.10 Å². The van der Waals surface area contributed by atoms with Crippen molar-refractivity contribution in [2.75, 3.05) is 13.2 Å². The summed E-state index contributed by atoms with van der Waals surface area (Å²) in [5.41, 5.74) is 0. The minimum Gasteiger partial charge on any atom is -0.462 e. The van der Waals surface area contributed by atoms with Crippen LogP contribution in [-0.2, 0) is 28.6 Å². The third kappa shape index (κ3) is 59.1. The zero-order chi connectivity index (χ0) is 52.9. The number of ether oxygens (including phenoxy) is 3. The highest BCUT2D eigenvalue weighted by Gasteiger charge is 2.19. The minimum atomic E-state index is -0.803. The maximum absolute atomic E-state index is 12.9. The van der Waals surface area contributed by atoms with Crippen LogP contribution in [-0.4, -0.2) is 37.2 Å². The summed E-state index contributed by atoms with van der Waals surface area (Å²) >= 11 is 0. The Bertz CT molecular complexity index is 1440. The van der Waals surface area contributed by atoms with Crippen LogP contribution in [0.4, 0.5) is 0 Å². The summed E-state index contributed by atoms with van der Waals surface area (Å²) in [5.74, 6) is -0.953. The normalized spacial score (nSPS) is 12.8. The van der Waals surface area contributed by atoms with E-state index in [1.54, 1.807) is 0 Å². The first-order valence-corrected chi connectivity index (χ1v) is 30.7. The van der Waals surface area contributed by atoms with E-state index in [0.29, 0.717) is 19.3 Å². The molecule has 6 heteroatoms. The molecule has 1 unspecified atom stereocenters. The van der Waals surface area contributed by atoms with Crippen LogP contribution in [0.2, 0.25) is 0 Å². The maximum atomic E-state index is 12.9. The van der Waals surface area contributed by atoms with Gasteiger partial charge in [-0.1, -0.05) is 272 Å². The van der Waals surface area contributed by atoms with Crippen LogP contribution in [0.3, 0.4) is 0 Å². The highest BCUT2D eigenvalue weighted by Crippen LogP contribution is 2.16. The van der Waals surface area contributed by atoms with E-state index in [-0.39, 0.29) is 37.5 Å². The van der Waals surface area contributed by atoms with Crippen molar-refractivity contribution >= 4 is 17.9 Å². The van der Waals surface area contributed by atoms with Gasteiger partial charge < -0.3 is 14.2 Å². The Kier molecular flexibility index (Phi) is 57.8. The summed E-state index contributed by atoms with van der Waals surface area (Å²) in [5, 5.41) is 0. The summed E-state index contributed by atoms with van der Waals surface area (Å²) in [6.45, 7) is 6.50. The molecule has 0 aromatic carbocycles. The van der Waals surface area contributed by atoms with Crippen LogP contribution >= 0.6 is 0 Å². The summed E-state index contributed by atoms with van der Waals surface area (Å²) in [6.07, 6.45) is 81.2. The van der Waals surface area contributed by atoms with E-state index >= 15 is 0 Å². The van der Waals surface area contributed by atoms with Crippen molar-refractivity contribution in [3.8, 4) is 0 Å². The Balaban J connectivity index is 4.46. The van der Waals surface area contributed by atoms with Crippen LogP contribution < -0.4 is 0 Å². The molecule has 0 fully saturated rings. The Morgan fingerprint density at radius 1 is 0.288 bits per heavy atom. The highest BCUT2D eigenvalue weighted by molar-refractivity contribution is 5.71. The van der Waals surface area contributed by atoms with E-state index in [9.17, 15) is 14.4 Å². The highest BCUT2D eigenvalue weighted by atomic mass is 16.6. The molecule has 0 saturated heterocycles. The zero-order valence-electron chi connectivity index (χ0n) is 47.9. The van der Waals surface area contributed by atoms with Gasteiger partial charge >= 0.3 is 17.9 Å². The zero-order valence-corrected chi connectivity index (χ0v) is 47.9. The van der Waals surface area contributed by atoms with Gasteiger partial charge in [-0.05, 0) is 96.3 Å². The number of hydrogen-bond acceptors (Lipinski definition) is 6. The fraction of sp³-hybridized carbons (Fsp3) is 0.716. The standard InChI is InChI=1S/C67H114O6/c1-4-7-10-13-16-19-22-25-28-30-32-33-34-35-36-38-39-42-45-48-51-54-57-60-66(69)72-63-64(62-71-65(68)59-56-53-50-47-44-41-27-24-21-18-15-12-9-6-3)73-67(70)61-58-55-52-49-46-43-40-37-31-29-26-23-20-17-14-11-8-5-2/h7,10,16,19,25,28-29,31-33,35-36,39,42,48,51,64H,4-6,8-9,11-15,17-18,20-24,26-27,30,34,37-38,40-41,43-47,49-50,52-63H2,1-3H3/b10-7-,19-16-,28-25-,31-29-,33-32-,36-35-,42-39-,51-48-. The first kappa shape index (κ1) is 69.3. The second-order valence-corrected chi connectivity index (χ2v) is 20.2. The molecule has 0 amide bonds. The number of unbranched alkanes of at least 4 members (excludes halogenated alkanes) is 28. The topological polar surface area (TPSA) is 78.9 Å².